The summed E-state index contributed by atoms with van der Waals surface area (Å²) in [5.41, 5.74) is 2.20. The predicted octanol–water partition coefficient (Wildman–Crippen LogP) is 5.70. The van der Waals surface area contributed by atoms with Crippen molar-refractivity contribution in [3.8, 4) is 0 Å². The van der Waals surface area contributed by atoms with Gasteiger partial charge in [0.05, 0.1) is 6.47 Å². The second kappa shape index (κ2) is 2.54. The van der Waals surface area contributed by atoms with Gasteiger partial charge in [-0.15, -0.1) is 0 Å². The Morgan fingerprint density at radius 2 is 1.00 bits per heavy atom. The van der Waals surface area contributed by atoms with E-state index in [2.05, 4.69) is 63.7 Å². The van der Waals surface area contributed by atoms with Gasteiger partial charge < -0.3 is 0 Å². The van der Waals surface area contributed by atoms with E-state index in [0.717, 1.165) is 0 Å². The predicted molar refractivity (Wildman–Crippen MR) is 83.2 cm³/mol. The van der Waals surface area contributed by atoms with Crippen molar-refractivity contribution in [2.75, 3.05) is 0 Å². The first-order chi connectivity index (χ1) is 7.87. The normalized spacial score (nSPS) is 67.1. The van der Waals surface area contributed by atoms with Gasteiger partial charge in [0.25, 0.3) is 0 Å². The standard InChI is InChI=1S/C13H14Br4/c14-12(15)8-3-1-5-10(8,12)11-6-2-4-9(11,7-8)13(11,16)17/h1-7H2/t8-,9+,10-,11+. The van der Waals surface area contributed by atoms with Gasteiger partial charge in [0.15, 0.2) is 0 Å². The molecule has 0 heterocycles. The largest absolute Gasteiger partial charge is 0.0936 e. The lowest BCUT2D eigenvalue weighted by Gasteiger charge is -2.29. The Morgan fingerprint density at radius 1 is 0.588 bits per heavy atom. The Labute approximate surface area is 136 Å². The third kappa shape index (κ3) is 0.661. The van der Waals surface area contributed by atoms with Crippen molar-refractivity contribution in [3.63, 3.8) is 0 Å². The number of hydrogen-bond acceptors (Lipinski definition) is 0. The molecule has 5 aliphatic carbocycles. The summed E-state index contributed by atoms with van der Waals surface area (Å²) in [5.74, 6) is 0. The molecule has 5 aliphatic rings. The monoisotopic (exact) mass is 486 g/mol. The van der Waals surface area contributed by atoms with Gasteiger partial charge in [0.1, 0.15) is 0 Å². The lowest BCUT2D eigenvalue weighted by atomic mass is 9.81. The molecule has 5 saturated carbocycles. The van der Waals surface area contributed by atoms with Gasteiger partial charge in [-0.05, 0) is 32.1 Å². The van der Waals surface area contributed by atoms with Gasteiger partial charge >= 0.3 is 0 Å². The first-order valence-electron chi connectivity index (χ1n) is 6.63. The van der Waals surface area contributed by atoms with Crippen molar-refractivity contribution in [1.29, 1.82) is 0 Å². The SMILES string of the molecule is BrC1(Br)[C@]23CCC[C@]12[C@@]12CCC[C@]1(C3)C2(Br)Br. The first kappa shape index (κ1) is 11.6. The highest BCUT2D eigenvalue weighted by atomic mass is 79.9. The van der Waals surface area contributed by atoms with E-state index < -0.39 is 0 Å². The molecule has 0 aromatic heterocycles. The summed E-state index contributed by atoms with van der Waals surface area (Å²) in [7, 11) is 0. The van der Waals surface area contributed by atoms with E-state index >= 15 is 0 Å². The zero-order chi connectivity index (χ0) is 11.9. The van der Waals surface area contributed by atoms with Crippen LogP contribution in [0.2, 0.25) is 0 Å². The lowest BCUT2D eigenvalue weighted by Crippen LogP contribution is -2.26. The van der Waals surface area contributed by atoms with E-state index in [4.69, 9.17) is 0 Å². The molecule has 0 N–H and O–H groups in total. The summed E-state index contributed by atoms with van der Waals surface area (Å²) in [5, 5.41) is 0. The molecule has 0 amide bonds. The molecular weight excluding hydrogens is 476 g/mol. The molecule has 4 atom stereocenters. The van der Waals surface area contributed by atoms with Gasteiger partial charge in [-0.25, -0.2) is 0 Å². The molecule has 0 aliphatic heterocycles. The van der Waals surface area contributed by atoms with Crippen LogP contribution in [0.5, 0.6) is 0 Å². The lowest BCUT2D eigenvalue weighted by molar-refractivity contribution is 0.253. The third-order valence-electron chi connectivity index (χ3n) is 7.43. The molecule has 0 unspecified atom stereocenters. The zero-order valence-corrected chi connectivity index (χ0v) is 15.8. The topological polar surface area (TPSA) is 0 Å². The minimum absolute atomic E-state index is 0.245. The molecule has 0 nitrogen and oxygen atoms in total. The highest BCUT2D eigenvalue weighted by Gasteiger charge is 3.10. The molecular formula is C13H14Br4. The molecule has 94 valence electrons. The summed E-state index contributed by atoms with van der Waals surface area (Å²) >= 11 is 16.3. The van der Waals surface area contributed by atoms with Crippen LogP contribution in [0.25, 0.3) is 0 Å². The summed E-state index contributed by atoms with van der Waals surface area (Å²) in [6, 6.07) is 0. The Hall–Kier alpha value is 1.92. The molecule has 0 spiro atoms. The van der Waals surface area contributed by atoms with Gasteiger partial charge in [-0.3, -0.25) is 0 Å². The van der Waals surface area contributed by atoms with Gasteiger partial charge in [-0.1, -0.05) is 76.6 Å². The van der Waals surface area contributed by atoms with Crippen LogP contribution in [0.3, 0.4) is 0 Å². The van der Waals surface area contributed by atoms with E-state index in [1.54, 1.807) is 0 Å². The third-order valence-corrected chi connectivity index (χ3v) is 13.2. The van der Waals surface area contributed by atoms with E-state index in [1.807, 2.05) is 0 Å². The summed E-state index contributed by atoms with van der Waals surface area (Å²) in [6.45, 7) is 0. The van der Waals surface area contributed by atoms with E-state index in [1.165, 1.54) is 44.9 Å². The van der Waals surface area contributed by atoms with E-state index in [-0.39, 0.29) is 6.47 Å². The maximum absolute atomic E-state index is 4.08. The van der Waals surface area contributed by atoms with Crippen molar-refractivity contribution < 1.29 is 0 Å². The van der Waals surface area contributed by atoms with Crippen LogP contribution in [0.4, 0.5) is 0 Å². The van der Waals surface area contributed by atoms with Gasteiger partial charge in [-0.2, -0.15) is 0 Å². The summed E-state index contributed by atoms with van der Waals surface area (Å²) < 4.78 is 0.491. The van der Waals surface area contributed by atoms with Crippen LogP contribution < -0.4 is 0 Å². The average molecular weight is 490 g/mol. The Bertz CT molecular complexity index is 430. The van der Waals surface area contributed by atoms with Crippen molar-refractivity contribution in [2.45, 2.75) is 51.4 Å². The first-order valence-corrected chi connectivity index (χ1v) is 9.80. The Balaban J connectivity index is 1.80. The van der Waals surface area contributed by atoms with Crippen molar-refractivity contribution in [3.05, 3.63) is 0 Å². The fourth-order valence-corrected chi connectivity index (χ4v) is 13.2. The van der Waals surface area contributed by atoms with Gasteiger partial charge in [0, 0.05) is 21.7 Å². The Kier molecular flexibility index (Phi) is 1.73. The quantitative estimate of drug-likeness (QED) is 0.383. The van der Waals surface area contributed by atoms with Crippen LogP contribution in [0, 0.1) is 21.7 Å². The van der Waals surface area contributed by atoms with Crippen molar-refractivity contribution in [2.24, 2.45) is 21.7 Å². The van der Waals surface area contributed by atoms with Crippen LogP contribution in [0.1, 0.15) is 44.9 Å². The molecule has 5 fully saturated rings. The minimum atomic E-state index is 0.245. The fourth-order valence-electron chi connectivity index (χ4n) is 7.18. The molecule has 0 aromatic rings. The van der Waals surface area contributed by atoms with Crippen LogP contribution in [-0.4, -0.2) is 6.47 Å². The molecule has 5 rings (SSSR count). The number of rotatable bonds is 0. The van der Waals surface area contributed by atoms with Crippen molar-refractivity contribution >= 4 is 63.7 Å². The van der Waals surface area contributed by atoms with Crippen LogP contribution in [-0.2, 0) is 0 Å². The molecule has 0 saturated heterocycles. The summed E-state index contributed by atoms with van der Waals surface area (Å²) in [6.07, 6.45) is 10.0. The Morgan fingerprint density at radius 3 is 1.41 bits per heavy atom. The van der Waals surface area contributed by atoms with Crippen molar-refractivity contribution in [1.82, 2.24) is 0 Å². The molecule has 0 aromatic carbocycles. The molecule has 4 heteroatoms. The number of alkyl halides is 4. The smallest absolute Gasteiger partial charge is 0.0714 e. The highest BCUT2D eigenvalue weighted by molar-refractivity contribution is 9.26. The maximum Gasteiger partial charge on any atom is 0.0936 e. The highest BCUT2D eigenvalue weighted by Crippen LogP contribution is 3.12. The molecule has 17 heavy (non-hydrogen) atoms. The van der Waals surface area contributed by atoms with E-state index in [9.17, 15) is 0 Å². The molecule has 0 bridgehead atoms. The number of hydrogen-bond donors (Lipinski definition) is 0. The zero-order valence-electron chi connectivity index (χ0n) is 9.46. The molecule has 0 radical (unpaired) electrons. The second-order valence-corrected chi connectivity index (χ2v) is 13.9. The average Bonchev–Trinajstić information content (AvgIpc) is 2.73. The summed E-state index contributed by atoms with van der Waals surface area (Å²) in [4.78, 5) is 0. The number of halogens is 4. The van der Waals surface area contributed by atoms with Gasteiger partial charge in [0.2, 0.25) is 0 Å². The van der Waals surface area contributed by atoms with E-state index in [0.29, 0.717) is 21.7 Å². The van der Waals surface area contributed by atoms with Crippen LogP contribution in [0.15, 0.2) is 0 Å². The van der Waals surface area contributed by atoms with Crippen LogP contribution >= 0.6 is 63.7 Å². The second-order valence-electron chi connectivity index (χ2n) is 7.01. The fraction of sp³-hybridized carbons (Fsp3) is 1.00. The maximum atomic E-state index is 4.08. The minimum Gasteiger partial charge on any atom is -0.0714 e.